The quantitative estimate of drug-likeness (QED) is 0.802. The van der Waals surface area contributed by atoms with E-state index >= 15 is 0 Å². The zero-order chi connectivity index (χ0) is 11.5. The van der Waals surface area contributed by atoms with Crippen molar-refractivity contribution in [3.63, 3.8) is 0 Å². The van der Waals surface area contributed by atoms with Crippen LogP contribution in [-0.2, 0) is 13.6 Å². The molecule has 90 valence electrons. The summed E-state index contributed by atoms with van der Waals surface area (Å²) in [6.45, 7) is 0.869. The molecule has 0 spiro atoms. The van der Waals surface area contributed by atoms with Crippen molar-refractivity contribution in [1.82, 2.24) is 25.2 Å². The molecule has 2 unspecified atom stereocenters. The van der Waals surface area contributed by atoms with Crippen LogP contribution >= 0.6 is 0 Å². The van der Waals surface area contributed by atoms with Gasteiger partial charge in [-0.25, -0.2) is 0 Å². The lowest BCUT2D eigenvalue weighted by atomic mass is 10.2. The lowest BCUT2D eigenvalue weighted by Gasteiger charge is -2.19. The van der Waals surface area contributed by atoms with Crippen molar-refractivity contribution in [2.45, 2.75) is 37.9 Å². The first-order valence-electron chi connectivity index (χ1n) is 5.90. The summed E-state index contributed by atoms with van der Waals surface area (Å²) in [5.74, 6) is 0. The topological polar surface area (TPSA) is 46.0 Å². The van der Waals surface area contributed by atoms with E-state index in [1.165, 1.54) is 19.3 Å². The maximum absolute atomic E-state index is 3.92. The highest BCUT2D eigenvalue weighted by atomic mass is 15.4. The molecular weight excluding hydrogens is 202 g/mol. The summed E-state index contributed by atoms with van der Waals surface area (Å²) in [7, 11) is 6.26. The minimum absolute atomic E-state index is 0.641. The van der Waals surface area contributed by atoms with Crippen molar-refractivity contribution < 1.29 is 0 Å². The van der Waals surface area contributed by atoms with Crippen LogP contribution in [0.2, 0.25) is 0 Å². The number of hydrogen-bond acceptors (Lipinski definition) is 4. The third-order valence-corrected chi connectivity index (χ3v) is 3.52. The van der Waals surface area contributed by atoms with E-state index in [-0.39, 0.29) is 0 Å². The predicted octanol–water partition coefficient (Wildman–Crippen LogP) is 0.387. The van der Waals surface area contributed by atoms with Crippen LogP contribution < -0.4 is 5.32 Å². The minimum Gasteiger partial charge on any atom is -0.308 e. The lowest BCUT2D eigenvalue weighted by Crippen LogP contribution is -2.30. The fraction of sp³-hybridized carbons (Fsp3) is 0.818. The minimum atomic E-state index is 0.641. The van der Waals surface area contributed by atoms with Gasteiger partial charge in [0.25, 0.3) is 0 Å². The standard InChI is InChI=1S/C11H21N5/c1-15(2)10-5-4-9(6-10)12-7-11-8-13-14-16(11)3/h8-10,12H,4-7H2,1-3H3. The molecule has 1 N–H and O–H groups in total. The second kappa shape index (κ2) is 4.93. The molecule has 5 nitrogen and oxygen atoms in total. The highest BCUT2D eigenvalue weighted by molar-refractivity contribution is 4.94. The zero-order valence-corrected chi connectivity index (χ0v) is 10.3. The van der Waals surface area contributed by atoms with Crippen molar-refractivity contribution in [1.29, 1.82) is 0 Å². The van der Waals surface area contributed by atoms with E-state index in [1.807, 2.05) is 17.9 Å². The molecule has 0 aromatic carbocycles. The van der Waals surface area contributed by atoms with Crippen LogP contribution in [0.1, 0.15) is 25.0 Å². The highest BCUT2D eigenvalue weighted by Crippen LogP contribution is 2.22. The summed E-state index contributed by atoms with van der Waals surface area (Å²) in [6.07, 6.45) is 5.64. The Kier molecular flexibility index (Phi) is 3.56. The van der Waals surface area contributed by atoms with Crippen LogP contribution in [0.15, 0.2) is 6.20 Å². The van der Waals surface area contributed by atoms with Crippen molar-refractivity contribution in [2.75, 3.05) is 14.1 Å². The van der Waals surface area contributed by atoms with Crippen LogP contribution in [0.4, 0.5) is 0 Å². The molecule has 0 radical (unpaired) electrons. The Morgan fingerprint density at radius 1 is 1.50 bits per heavy atom. The van der Waals surface area contributed by atoms with Gasteiger partial charge in [-0.15, -0.1) is 5.10 Å². The predicted molar refractivity (Wildman–Crippen MR) is 63.0 cm³/mol. The Labute approximate surface area is 96.8 Å². The van der Waals surface area contributed by atoms with Crippen LogP contribution in [0.3, 0.4) is 0 Å². The molecule has 1 aromatic rings. The van der Waals surface area contributed by atoms with Gasteiger partial charge in [-0.05, 0) is 33.4 Å². The molecule has 1 fully saturated rings. The summed E-state index contributed by atoms with van der Waals surface area (Å²) in [4.78, 5) is 2.33. The Morgan fingerprint density at radius 2 is 2.31 bits per heavy atom. The average Bonchev–Trinajstić information content (AvgIpc) is 2.83. The number of nitrogens with one attached hydrogen (secondary N) is 1. The van der Waals surface area contributed by atoms with Crippen molar-refractivity contribution in [3.8, 4) is 0 Å². The molecule has 0 aliphatic heterocycles. The van der Waals surface area contributed by atoms with Crippen LogP contribution in [0.5, 0.6) is 0 Å². The third-order valence-electron chi connectivity index (χ3n) is 3.52. The number of hydrogen-bond donors (Lipinski definition) is 1. The van der Waals surface area contributed by atoms with Gasteiger partial charge in [-0.3, -0.25) is 4.68 Å². The molecule has 1 saturated carbocycles. The van der Waals surface area contributed by atoms with E-state index in [9.17, 15) is 0 Å². The van der Waals surface area contributed by atoms with Gasteiger partial charge >= 0.3 is 0 Å². The number of rotatable bonds is 4. The Hall–Kier alpha value is -0.940. The SMILES string of the molecule is CN(C)C1CCC(NCc2cnnn2C)C1. The van der Waals surface area contributed by atoms with Crippen LogP contribution in [-0.4, -0.2) is 46.1 Å². The van der Waals surface area contributed by atoms with Crippen molar-refractivity contribution in [2.24, 2.45) is 7.05 Å². The first-order valence-corrected chi connectivity index (χ1v) is 5.90. The number of aryl methyl sites for hydroxylation is 1. The van der Waals surface area contributed by atoms with E-state index in [0.717, 1.165) is 18.3 Å². The molecule has 16 heavy (non-hydrogen) atoms. The van der Waals surface area contributed by atoms with E-state index in [4.69, 9.17) is 0 Å². The van der Waals surface area contributed by atoms with Gasteiger partial charge in [-0.1, -0.05) is 5.21 Å². The van der Waals surface area contributed by atoms with Crippen molar-refractivity contribution >= 4 is 0 Å². The normalized spacial score (nSPS) is 25.5. The lowest BCUT2D eigenvalue weighted by molar-refractivity contribution is 0.293. The molecule has 1 heterocycles. The molecule has 2 atom stereocenters. The maximum atomic E-state index is 3.92. The molecule has 0 amide bonds. The van der Waals surface area contributed by atoms with Gasteiger partial charge in [0.15, 0.2) is 0 Å². The smallest absolute Gasteiger partial charge is 0.0738 e. The van der Waals surface area contributed by atoms with Crippen LogP contribution in [0, 0.1) is 0 Å². The van der Waals surface area contributed by atoms with Gasteiger partial charge < -0.3 is 10.2 Å². The summed E-state index contributed by atoms with van der Waals surface area (Å²) < 4.78 is 1.82. The molecule has 0 saturated heterocycles. The molecular formula is C11H21N5. The van der Waals surface area contributed by atoms with Gasteiger partial charge in [0.05, 0.1) is 11.9 Å². The Morgan fingerprint density at radius 3 is 2.88 bits per heavy atom. The number of nitrogens with zero attached hydrogens (tertiary/aromatic N) is 4. The first kappa shape index (κ1) is 11.5. The summed E-state index contributed by atoms with van der Waals surface area (Å²) in [5, 5.41) is 11.4. The van der Waals surface area contributed by atoms with E-state index in [0.29, 0.717) is 6.04 Å². The Bertz CT molecular complexity index is 333. The molecule has 0 bridgehead atoms. The molecule has 1 aliphatic carbocycles. The van der Waals surface area contributed by atoms with Gasteiger partial charge in [0, 0.05) is 25.7 Å². The fourth-order valence-electron chi connectivity index (χ4n) is 2.33. The average molecular weight is 223 g/mol. The summed E-state index contributed by atoms with van der Waals surface area (Å²) in [5.41, 5.74) is 1.15. The maximum Gasteiger partial charge on any atom is 0.0738 e. The van der Waals surface area contributed by atoms with Gasteiger partial charge in [0.2, 0.25) is 0 Å². The first-order chi connectivity index (χ1) is 7.66. The van der Waals surface area contributed by atoms with Gasteiger partial charge in [-0.2, -0.15) is 0 Å². The van der Waals surface area contributed by atoms with Crippen molar-refractivity contribution in [3.05, 3.63) is 11.9 Å². The molecule has 5 heteroatoms. The van der Waals surface area contributed by atoms with Gasteiger partial charge in [0.1, 0.15) is 0 Å². The van der Waals surface area contributed by atoms with E-state index < -0.39 is 0 Å². The van der Waals surface area contributed by atoms with Crippen LogP contribution in [0.25, 0.3) is 0 Å². The molecule has 1 aliphatic rings. The number of aromatic nitrogens is 3. The molecule has 1 aromatic heterocycles. The third kappa shape index (κ3) is 2.59. The largest absolute Gasteiger partial charge is 0.308 e. The summed E-state index contributed by atoms with van der Waals surface area (Å²) >= 11 is 0. The van der Waals surface area contributed by atoms with E-state index in [2.05, 4.69) is 34.6 Å². The highest BCUT2D eigenvalue weighted by Gasteiger charge is 2.25. The second-order valence-corrected chi connectivity index (χ2v) is 4.86. The summed E-state index contributed by atoms with van der Waals surface area (Å²) in [6, 6.07) is 1.38. The zero-order valence-electron chi connectivity index (χ0n) is 10.3. The monoisotopic (exact) mass is 223 g/mol. The fourth-order valence-corrected chi connectivity index (χ4v) is 2.33. The van der Waals surface area contributed by atoms with E-state index in [1.54, 1.807) is 0 Å². The second-order valence-electron chi connectivity index (χ2n) is 4.86. The Balaban J connectivity index is 1.78. The molecule has 2 rings (SSSR count).